The number of hydrogen-bond donors (Lipinski definition) is 4. The van der Waals surface area contributed by atoms with Crippen LogP contribution < -0.4 is 21.5 Å². The van der Waals surface area contributed by atoms with Gasteiger partial charge in [0.1, 0.15) is 5.71 Å². The highest BCUT2D eigenvalue weighted by atomic mass is 32.1. The minimum atomic E-state index is 0.422. The molecule has 8 heteroatoms. The molecule has 4 N–H and O–H groups in total. The van der Waals surface area contributed by atoms with Crippen LogP contribution in [0.3, 0.4) is 0 Å². The van der Waals surface area contributed by atoms with Crippen molar-refractivity contribution in [2.75, 3.05) is 14.1 Å². The molecule has 0 atom stereocenters. The summed E-state index contributed by atoms with van der Waals surface area (Å²) in [6.07, 6.45) is 1.56. The number of hydrogen-bond acceptors (Lipinski definition) is 4. The Balaban J connectivity index is 2.85. The van der Waals surface area contributed by atoms with E-state index in [0.29, 0.717) is 15.9 Å². The van der Waals surface area contributed by atoms with Crippen LogP contribution in [0, 0.1) is 0 Å². The monoisotopic (exact) mass is 308 g/mol. The minimum Gasteiger partial charge on any atom is -0.364 e. The summed E-state index contributed by atoms with van der Waals surface area (Å²) >= 11 is 9.90. The molecule has 0 aliphatic carbocycles. The maximum atomic E-state index is 4.98. The summed E-state index contributed by atoms with van der Waals surface area (Å²) in [5.41, 5.74) is 6.91. The second kappa shape index (κ2) is 8.94. The molecule has 106 valence electrons. The number of nitrogens with zero attached hydrogens (tertiary/aromatic N) is 2. The van der Waals surface area contributed by atoms with Gasteiger partial charge in [0, 0.05) is 19.7 Å². The molecule has 20 heavy (non-hydrogen) atoms. The Morgan fingerprint density at radius 2 is 1.60 bits per heavy atom. The van der Waals surface area contributed by atoms with Gasteiger partial charge in [-0.2, -0.15) is 10.2 Å². The third-order valence-corrected chi connectivity index (χ3v) is 2.75. The zero-order chi connectivity index (χ0) is 14.8. The predicted octanol–water partition coefficient (Wildman–Crippen LogP) is 0.564. The van der Waals surface area contributed by atoms with Crippen molar-refractivity contribution in [3.8, 4) is 0 Å². The molecule has 0 saturated heterocycles. The predicted molar refractivity (Wildman–Crippen MR) is 91.1 cm³/mol. The summed E-state index contributed by atoms with van der Waals surface area (Å²) in [6, 6.07) is 9.61. The topological polar surface area (TPSA) is 72.8 Å². The molecular formula is C12H16N6S2. The van der Waals surface area contributed by atoms with Crippen molar-refractivity contribution in [1.82, 2.24) is 21.5 Å². The molecular weight excluding hydrogens is 292 g/mol. The van der Waals surface area contributed by atoms with E-state index < -0.39 is 0 Å². The molecule has 0 saturated carbocycles. The Hall–Kier alpha value is -2.06. The average molecular weight is 308 g/mol. The van der Waals surface area contributed by atoms with Crippen LogP contribution in [0.25, 0.3) is 0 Å². The van der Waals surface area contributed by atoms with E-state index in [1.807, 2.05) is 30.3 Å². The lowest BCUT2D eigenvalue weighted by Crippen LogP contribution is -2.30. The molecule has 1 rings (SSSR count). The highest BCUT2D eigenvalue weighted by Gasteiger charge is 2.00. The van der Waals surface area contributed by atoms with Gasteiger partial charge in [0.15, 0.2) is 10.2 Å². The minimum absolute atomic E-state index is 0.422. The second-order valence-electron chi connectivity index (χ2n) is 3.50. The van der Waals surface area contributed by atoms with E-state index in [1.165, 1.54) is 0 Å². The van der Waals surface area contributed by atoms with Crippen molar-refractivity contribution >= 4 is 46.6 Å². The highest BCUT2D eigenvalue weighted by molar-refractivity contribution is 7.80. The van der Waals surface area contributed by atoms with Crippen LogP contribution >= 0.6 is 24.4 Å². The summed E-state index contributed by atoms with van der Waals surface area (Å²) in [7, 11) is 3.43. The van der Waals surface area contributed by atoms with Gasteiger partial charge in [-0.1, -0.05) is 30.3 Å². The van der Waals surface area contributed by atoms with Crippen molar-refractivity contribution in [3.63, 3.8) is 0 Å². The quantitative estimate of drug-likeness (QED) is 0.370. The van der Waals surface area contributed by atoms with Crippen molar-refractivity contribution < 1.29 is 0 Å². The lowest BCUT2D eigenvalue weighted by atomic mass is 10.1. The average Bonchev–Trinajstić information content (AvgIpc) is 2.50. The van der Waals surface area contributed by atoms with Gasteiger partial charge in [-0.15, -0.1) is 0 Å². The van der Waals surface area contributed by atoms with Gasteiger partial charge in [0.2, 0.25) is 0 Å². The first-order valence-corrected chi connectivity index (χ1v) is 6.60. The van der Waals surface area contributed by atoms with Gasteiger partial charge in [-0.3, -0.25) is 10.9 Å². The Morgan fingerprint density at radius 1 is 1.00 bits per heavy atom. The van der Waals surface area contributed by atoms with Gasteiger partial charge < -0.3 is 10.6 Å². The summed E-state index contributed by atoms with van der Waals surface area (Å²) in [5, 5.41) is 14.6. The Labute approximate surface area is 128 Å². The molecule has 0 bridgehead atoms. The third-order valence-electron chi connectivity index (χ3n) is 2.15. The van der Waals surface area contributed by atoms with E-state index in [0.717, 1.165) is 5.56 Å². The molecule has 0 fully saturated rings. The van der Waals surface area contributed by atoms with Crippen LogP contribution in [0.4, 0.5) is 0 Å². The van der Waals surface area contributed by atoms with Crippen LogP contribution in [0.15, 0.2) is 40.5 Å². The molecule has 0 unspecified atom stereocenters. The van der Waals surface area contributed by atoms with Crippen molar-refractivity contribution in [2.24, 2.45) is 10.2 Å². The smallest absolute Gasteiger partial charge is 0.186 e. The van der Waals surface area contributed by atoms with Crippen LogP contribution in [-0.4, -0.2) is 36.2 Å². The summed E-state index contributed by atoms with van der Waals surface area (Å²) in [6.45, 7) is 0. The molecule has 1 aromatic rings. The number of rotatable bonds is 4. The summed E-state index contributed by atoms with van der Waals surface area (Å²) in [4.78, 5) is 0. The van der Waals surface area contributed by atoms with E-state index in [4.69, 9.17) is 24.4 Å². The number of nitrogens with one attached hydrogen (secondary N) is 4. The maximum Gasteiger partial charge on any atom is 0.186 e. The van der Waals surface area contributed by atoms with Crippen molar-refractivity contribution in [3.05, 3.63) is 35.9 Å². The molecule has 0 aliphatic heterocycles. The zero-order valence-electron chi connectivity index (χ0n) is 11.2. The first-order valence-electron chi connectivity index (χ1n) is 5.79. The first kappa shape index (κ1) is 16.0. The number of benzene rings is 1. The van der Waals surface area contributed by atoms with Crippen molar-refractivity contribution in [2.45, 2.75) is 0 Å². The van der Waals surface area contributed by atoms with Crippen molar-refractivity contribution in [1.29, 1.82) is 0 Å². The Kier molecular flexibility index (Phi) is 7.15. The van der Waals surface area contributed by atoms with E-state index in [-0.39, 0.29) is 0 Å². The van der Waals surface area contributed by atoms with Gasteiger partial charge in [-0.25, -0.2) is 0 Å². The Morgan fingerprint density at radius 3 is 2.20 bits per heavy atom. The van der Waals surface area contributed by atoms with Gasteiger partial charge in [0.25, 0.3) is 0 Å². The molecule has 0 aromatic heterocycles. The molecule has 0 radical (unpaired) electrons. The first-order chi connectivity index (χ1) is 9.67. The number of hydrazone groups is 2. The fourth-order valence-corrected chi connectivity index (χ4v) is 1.25. The van der Waals surface area contributed by atoms with Crippen LogP contribution in [-0.2, 0) is 0 Å². The summed E-state index contributed by atoms with van der Waals surface area (Å²) in [5.74, 6) is 0. The zero-order valence-corrected chi connectivity index (χ0v) is 12.8. The highest BCUT2D eigenvalue weighted by Crippen LogP contribution is 1.99. The molecule has 6 nitrogen and oxygen atoms in total. The SMILES string of the molecule is CNC(=S)N/N=C/C(=N/NC(=S)NC)c1ccccc1. The largest absolute Gasteiger partial charge is 0.364 e. The van der Waals surface area contributed by atoms with E-state index in [2.05, 4.69) is 31.7 Å². The molecule has 1 aromatic carbocycles. The fraction of sp³-hybridized carbons (Fsp3) is 0.167. The summed E-state index contributed by atoms with van der Waals surface area (Å²) < 4.78 is 0. The fourth-order valence-electron chi connectivity index (χ4n) is 1.15. The number of thiocarbonyl (C=S) groups is 2. The van der Waals surface area contributed by atoms with Gasteiger partial charge in [-0.05, 0) is 24.4 Å². The van der Waals surface area contributed by atoms with Crippen LogP contribution in [0.2, 0.25) is 0 Å². The molecule has 0 heterocycles. The molecule has 0 aliphatic rings. The van der Waals surface area contributed by atoms with Gasteiger partial charge in [0.05, 0.1) is 6.21 Å². The van der Waals surface area contributed by atoms with Crippen LogP contribution in [0.1, 0.15) is 5.56 Å². The van der Waals surface area contributed by atoms with E-state index in [9.17, 15) is 0 Å². The lowest BCUT2D eigenvalue weighted by Gasteiger charge is -2.05. The normalized spacial score (nSPS) is 11.0. The van der Waals surface area contributed by atoms with Crippen LogP contribution in [0.5, 0.6) is 0 Å². The molecule has 0 amide bonds. The third kappa shape index (κ3) is 5.72. The lowest BCUT2D eigenvalue weighted by molar-refractivity contribution is 0.972. The molecule has 0 spiro atoms. The standard InChI is InChI=1S/C12H16N6S2/c1-13-11(19)17-15-8-10(16-18-12(20)14-2)9-6-4-3-5-7-9/h3-8H,1-2H3,(H2,13,17,19)(H2,14,18,20)/b15-8+,16-10-. The van der Waals surface area contributed by atoms with E-state index >= 15 is 0 Å². The Bertz CT molecular complexity index is 512. The second-order valence-corrected chi connectivity index (χ2v) is 4.32. The van der Waals surface area contributed by atoms with E-state index in [1.54, 1.807) is 20.3 Å². The maximum absolute atomic E-state index is 4.98. The van der Waals surface area contributed by atoms with Gasteiger partial charge >= 0.3 is 0 Å².